The van der Waals surface area contributed by atoms with Crippen molar-refractivity contribution in [2.75, 3.05) is 5.73 Å². The number of rotatable bonds is 3. The number of nitrogens with two attached hydrogens (primary N) is 1. The summed E-state index contributed by atoms with van der Waals surface area (Å²) in [6.07, 6.45) is 0.607. The van der Waals surface area contributed by atoms with E-state index in [2.05, 4.69) is 16.5 Å². The Bertz CT molecular complexity index is 1040. The second-order valence-corrected chi connectivity index (χ2v) is 6.68. The summed E-state index contributed by atoms with van der Waals surface area (Å²) in [5.41, 5.74) is 6.35. The Morgan fingerprint density at radius 3 is 2.67 bits per heavy atom. The first-order valence-electron chi connectivity index (χ1n) is 8.44. The molecule has 0 bridgehead atoms. The number of aromatic nitrogens is 3. The number of halogens is 3. The summed E-state index contributed by atoms with van der Waals surface area (Å²) in [5, 5.41) is 9.61. The van der Waals surface area contributed by atoms with Crippen LogP contribution in [-0.2, 0) is 6.18 Å². The van der Waals surface area contributed by atoms with E-state index in [1.807, 2.05) is 0 Å². The van der Waals surface area contributed by atoms with Crippen molar-refractivity contribution in [1.29, 1.82) is 0 Å². The number of aliphatic hydroxyl groups excluding tert-OH is 1. The van der Waals surface area contributed by atoms with E-state index in [0.29, 0.717) is 35.4 Å². The van der Waals surface area contributed by atoms with Gasteiger partial charge in [0.1, 0.15) is 22.9 Å². The van der Waals surface area contributed by atoms with E-state index in [0.717, 1.165) is 6.07 Å². The number of hydrogen-bond acceptors (Lipinski definition) is 4. The summed E-state index contributed by atoms with van der Waals surface area (Å²) in [6.45, 7) is 3.45. The zero-order valence-electron chi connectivity index (χ0n) is 14.2. The molecule has 1 fully saturated rings. The van der Waals surface area contributed by atoms with Gasteiger partial charge >= 0.3 is 6.18 Å². The Hall–Kier alpha value is -2.87. The van der Waals surface area contributed by atoms with Crippen molar-refractivity contribution >= 4 is 17.4 Å². The van der Waals surface area contributed by atoms with Crippen molar-refractivity contribution in [3.05, 3.63) is 54.1 Å². The molecule has 1 aliphatic rings. The fraction of sp³-hybridized carbons (Fsp3) is 0.263. The first kappa shape index (κ1) is 17.5. The second-order valence-electron chi connectivity index (χ2n) is 6.68. The Morgan fingerprint density at radius 1 is 1.30 bits per heavy atom. The van der Waals surface area contributed by atoms with Gasteiger partial charge in [-0.15, -0.1) is 0 Å². The maximum atomic E-state index is 13.4. The zero-order chi connectivity index (χ0) is 19.3. The van der Waals surface area contributed by atoms with Crippen LogP contribution in [0, 0.1) is 0 Å². The van der Waals surface area contributed by atoms with E-state index in [1.165, 1.54) is 18.3 Å². The standard InChI is InChI=1S/C19H17F3N4O/c1-2-10-3-4-11(9-14(10)19(20,21)22)15-16-17(23)24-5-6-26(16)18(25-15)12-7-13(27)8-12/h2-6,9,12-13,27H,1,7-8H2,(H2,23,24). The smallest absolute Gasteiger partial charge is 0.393 e. The van der Waals surface area contributed by atoms with Crippen molar-refractivity contribution in [3.8, 4) is 11.3 Å². The summed E-state index contributed by atoms with van der Waals surface area (Å²) in [7, 11) is 0. The molecule has 0 saturated heterocycles. The quantitative estimate of drug-likeness (QED) is 0.730. The van der Waals surface area contributed by atoms with Gasteiger partial charge in [-0.25, -0.2) is 9.97 Å². The van der Waals surface area contributed by atoms with Gasteiger partial charge in [0.25, 0.3) is 0 Å². The lowest BCUT2D eigenvalue weighted by molar-refractivity contribution is -0.137. The predicted molar refractivity (Wildman–Crippen MR) is 95.9 cm³/mol. The van der Waals surface area contributed by atoms with Crippen LogP contribution < -0.4 is 5.73 Å². The molecule has 5 nitrogen and oxygen atoms in total. The van der Waals surface area contributed by atoms with E-state index >= 15 is 0 Å². The highest BCUT2D eigenvalue weighted by Crippen LogP contribution is 2.41. The molecule has 8 heteroatoms. The van der Waals surface area contributed by atoms with Gasteiger partial charge < -0.3 is 10.8 Å². The van der Waals surface area contributed by atoms with Crippen molar-refractivity contribution in [2.45, 2.75) is 31.0 Å². The normalized spacial score (nSPS) is 19.9. The Kier molecular flexibility index (Phi) is 3.96. The molecule has 1 aliphatic carbocycles. The van der Waals surface area contributed by atoms with Crippen LogP contribution in [0.5, 0.6) is 0 Å². The third-order valence-corrected chi connectivity index (χ3v) is 4.94. The highest BCUT2D eigenvalue weighted by molar-refractivity contribution is 5.86. The highest BCUT2D eigenvalue weighted by atomic mass is 19.4. The molecule has 0 amide bonds. The van der Waals surface area contributed by atoms with Gasteiger partial charge in [-0.1, -0.05) is 24.8 Å². The summed E-state index contributed by atoms with van der Waals surface area (Å²) in [6, 6.07) is 4.00. The minimum atomic E-state index is -4.51. The van der Waals surface area contributed by atoms with E-state index in [9.17, 15) is 18.3 Å². The number of imidazole rings is 1. The van der Waals surface area contributed by atoms with Gasteiger partial charge in [0.15, 0.2) is 0 Å². The van der Waals surface area contributed by atoms with Crippen LogP contribution in [0.1, 0.15) is 35.7 Å². The number of anilines is 1. The Balaban J connectivity index is 1.93. The van der Waals surface area contributed by atoms with Crippen LogP contribution >= 0.6 is 0 Å². The molecule has 140 valence electrons. The van der Waals surface area contributed by atoms with Crippen LogP contribution in [-0.4, -0.2) is 25.6 Å². The maximum Gasteiger partial charge on any atom is 0.417 e. The van der Waals surface area contributed by atoms with Crippen molar-refractivity contribution < 1.29 is 18.3 Å². The van der Waals surface area contributed by atoms with Gasteiger partial charge in [-0.05, 0) is 24.5 Å². The second kappa shape index (κ2) is 6.09. The summed E-state index contributed by atoms with van der Waals surface area (Å²) < 4.78 is 42.0. The van der Waals surface area contributed by atoms with Gasteiger partial charge in [0.2, 0.25) is 0 Å². The molecule has 0 unspecified atom stereocenters. The van der Waals surface area contributed by atoms with Crippen LogP contribution in [0.2, 0.25) is 0 Å². The first-order chi connectivity index (χ1) is 12.8. The van der Waals surface area contributed by atoms with Crippen molar-refractivity contribution in [3.63, 3.8) is 0 Å². The number of nitrogens with zero attached hydrogens (tertiary/aromatic N) is 3. The molecule has 2 heterocycles. The van der Waals surface area contributed by atoms with Crippen molar-refractivity contribution in [1.82, 2.24) is 14.4 Å². The zero-order valence-corrected chi connectivity index (χ0v) is 14.2. The van der Waals surface area contributed by atoms with Crippen LogP contribution in [0.4, 0.5) is 19.0 Å². The summed E-state index contributed by atoms with van der Waals surface area (Å²) in [4.78, 5) is 8.65. The molecular formula is C19H17F3N4O. The molecule has 27 heavy (non-hydrogen) atoms. The monoisotopic (exact) mass is 374 g/mol. The minimum absolute atomic E-state index is 0.00296. The Morgan fingerprint density at radius 2 is 2.04 bits per heavy atom. The third kappa shape index (κ3) is 2.86. The fourth-order valence-corrected chi connectivity index (χ4v) is 3.50. The number of hydrogen-bond donors (Lipinski definition) is 2. The van der Waals surface area contributed by atoms with Crippen LogP contribution in [0.15, 0.2) is 37.2 Å². The molecule has 1 saturated carbocycles. The lowest BCUT2D eigenvalue weighted by Crippen LogP contribution is -2.27. The Labute approximate surface area is 153 Å². The van der Waals surface area contributed by atoms with Crippen molar-refractivity contribution in [2.24, 2.45) is 0 Å². The molecule has 4 rings (SSSR count). The molecule has 3 aromatic rings. The SMILES string of the molecule is C=Cc1ccc(-c2nc(C3CC(O)C3)n3ccnc(N)c23)cc1C(F)(F)F. The molecule has 0 atom stereocenters. The van der Waals surface area contributed by atoms with Crippen LogP contribution in [0.25, 0.3) is 22.9 Å². The van der Waals surface area contributed by atoms with Crippen LogP contribution in [0.3, 0.4) is 0 Å². The predicted octanol–water partition coefficient (Wildman–Crippen LogP) is 3.88. The van der Waals surface area contributed by atoms with E-state index < -0.39 is 11.7 Å². The molecule has 3 N–H and O–H groups in total. The number of aliphatic hydroxyl groups is 1. The lowest BCUT2D eigenvalue weighted by Gasteiger charge is -2.30. The topological polar surface area (TPSA) is 76.4 Å². The molecule has 0 aliphatic heterocycles. The molecular weight excluding hydrogens is 357 g/mol. The minimum Gasteiger partial charge on any atom is -0.393 e. The molecule has 0 spiro atoms. The van der Waals surface area contributed by atoms with E-state index in [-0.39, 0.29) is 23.4 Å². The lowest BCUT2D eigenvalue weighted by atomic mass is 9.82. The van der Waals surface area contributed by atoms with Gasteiger partial charge in [-0.2, -0.15) is 13.2 Å². The number of benzene rings is 1. The van der Waals surface area contributed by atoms with Gasteiger partial charge in [-0.3, -0.25) is 4.40 Å². The molecule has 0 radical (unpaired) electrons. The molecule has 1 aromatic carbocycles. The number of alkyl halides is 3. The average molecular weight is 374 g/mol. The number of nitrogen functional groups attached to an aromatic ring is 1. The fourth-order valence-electron chi connectivity index (χ4n) is 3.50. The largest absolute Gasteiger partial charge is 0.417 e. The maximum absolute atomic E-state index is 13.4. The van der Waals surface area contributed by atoms with E-state index in [1.54, 1.807) is 16.7 Å². The third-order valence-electron chi connectivity index (χ3n) is 4.94. The highest BCUT2D eigenvalue weighted by Gasteiger charge is 2.35. The summed E-state index contributed by atoms with van der Waals surface area (Å²) in [5.74, 6) is 0.880. The number of fused-ring (bicyclic) bond motifs is 1. The average Bonchev–Trinajstić information content (AvgIpc) is 2.98. The van der Waals surface area contributed by atoms with Gasteiger partial charge in [0, 0.05) is 23.9 Å². The summed E-state index contributed by atoms with van der Waals surface area (Å²) >= 11 is 0. The molecule has 2 aromatic heterocycles. The van der Waals surface area contributed by atoms with Gasteiger partial charge in [0.05, 0.1) is 11.7 Å². The first-order valence-corrected chi connectivity index (χ1v) is 8.44. The van der Waals surface area contributed by atoms with E-state index in [4.69, 9.17) is 5.73 Å².